The van der Waals surface area contributed by atoms with E-state index in [9.17, 15) is 4.79 Å². The number of aryl methyl sites for hydroxylation is 1. The van der Waals surface area contributed by atoms with Gasteiger partial charge in [-0.3, -0.25) is 0 Å². The van der Waals surface area contributed by atoms with Crippen LogP contribution in [-0.2, 0) is 11.3 Å². The number of nitrogens with zero attached hydrogens (tertiary/aromatic N) is 3. The first-order valence-corrected chi connectivity index (χ1v) is 9.92. The van der Waals surface area contributed by atoms with Crippen LogP contribution in [0.5, 0.6) is 0 Å². The first kappa shape index (κ1) is 17.8. The normalized spacial score (nSPS) is 19.5. The number of anilines is 1. The molecule has 0 bridgehead atoms. The summed E-state index contributed by atoms with van der Waals surface area (Å²) in [5.74, 6) is 1.06. The Kier molecular flexibility index (Phi) is 5.28. The van der Waals surface area contributed by atoms with Crippen molar-refractivity contribution < 1.29 is 9.53 Å². The molecule has 2 aliphatic rings. The third-order valence-electron chi connectivity index (χ3n) is 5.59. The summed E-state index contributed by atoms with van der Waals surface area (Å²) in [5, 5.41) is 0. The summed E-state index contributed by atoms with van der Waals surface area (Å²) in [7, 11) is 0. The first-order valence-electron chi connectivity index (χ1n) is 9.92. The molecule has 0 saturated carbocycles. The lowest BCUT2D eigenvalue weighted by Gasteiger charge is -2.26. The zero-order chi connectivity index (χ0) is 18.6. The second-order valence-electron chi connectivity index (χ2n) is 7.43. The molecule has 1 aromatic carbocycles. The predicted molar refractivity (Wildman–Crippen MR) is 106 cm³/mol. The number of carbonyl (C=O) groups excluding carboxylic acids is 1. The lowest BCUT2D eigenvalue weighted by Crippen LogP contribution is -2.31. The largest absolute Gasteiger partial charge is 0.445 e. The van der Waals surface area contributed by atoms with E-state index >= 15 is 0 Å². The van der Waals surface area contributed by atoms with Crippen molar-refractivity contribution in [1.29, 1.82) is 0 Å². The molecule has 2 saturated heterocycles. The maximum absolute atomic E-state index is 12.7. The Morgan fingerprint density at radius 3 is 2.59 bits per heavy atom. The van der Waals surface area contributed by atoms with Gasteiger partial charge in [0.2, 0.25) is 0 Å². The van der Waals surface area contributed by atoms with Crippen molar-refractivity contribution in [2.24, 2.45) is 0 Å². The molecular formula is C22H27N3O2. The van der Waals surface area contributed by atoms with E-state index in [-0.39, 0.29) is 12.1 Å². The second-order valence-corrected chi connectivity index (χ2v) is 7.43. The van der Waals surface area contributed by atoms with Crippen molar-refractivity contribution in [3.05, 3.63) is 59.3 Å². The lowest BCUT2D eigenvalue weighted by molar-refractivity contribution is 0.0919. The Bertz CT molecular complexity index is 787. The fourth-order valence-electron chi connectivity index (χ4n) is 4.14. The molecule has 142 valence electrons. The summed E-state index contributed by atoms with van der Waals surface area (Å²) in [4.78, 5) is 21.7. The second kappa shape index (κ2) is 7.99. The van der Waals surface area contributed by atoms with Gasteiger partial charge in [0, 0.05) is 25.3 Å². The minimum absolute atomic E-state index is 0.0633. The van der Waals surface area contributed by atoms with Gasteiger partial charge in [-0.15, -0.1) is 0 Å². The van der Waals surface area contributed by atoms with Gasteiger partial charge >= 0.3 is 6.09 Å². The van der Waals surface area contributed by atoms with Crippen molar-refractivity contribution in [2.45, 2.75) is 45.3 Å². The average molecular weight is 365 g/mol. The number of ether oxygens (including phenoxy) is 1. The highest BCUT2D eigenvalue weighted by atomic mass is 16.6. The molecule has 5 heteroatoms. The van der Waals surface area contributed by atoms with Crippen LogP contribution in [0.15, 0.2) is 42.5 Å². The number of hydrogen-bond donors (Lipinski definition) is 0. The summed E-state index contributed by atoms with van der Waals surface area (Å²) in [6.07, 6.45) is 4.22. The van der Waals surface area contributed by atoms with E-state index in [0.29, 0.717) is 6.61 Å². The molecule has 0 radical (unpaired) electrons. The zero-order valence-electron chi connectivity index (χ0n) is 15.9. The van der Waals surface area contributed by atoms with Gasteiger partial charge in [0.05, 0.1) is 6.04 Å². The number of benzene rings is 1. The van der Waals surface area contributed by atoms with Crippen molar-refractivity contribution in [1.82, 2.24) is 9.88 Å². The number of rotatable bonds is 4. The maximum Gasteiger partial charge on any atom is 0.410 e. The van der Waals surface area contributed by atoms with Crippen LogP contribution in [0, 0.1) is 6.92 Å². The van der Waals surface area contributed by atoms with Gasteiger partial charge < -0.3 is 14.5 Å². The number of likely N-dealkylation sites (tertiary alicyclic amines) is 1. The van der Waals surface area contributed by atoms with Gasteiger partial charge in [-0.2, -0.15) is 0 Å². The molecule has 1 amide bonds. The summed E-state index contributed by atoms with van der Waals surface area (Å²) >= 11 is 0. The fourth-order valence-corrected chi connectivity index (χ4v) is 4.14. The summed E-state index contributed by atoms with van der Waals surface area (Å²) in [6.45, 7) is 5.29. The SMILES string of the molecule is Cc1nc(N2CCCC2)ccc1C1CCCN1C(=O)OCc1ccccc1. The van der Waals surface area contributed by atoms with Crippen LogP contribution >= 0.6 is 0 Å². The minimum Gasteiger partial charge on any atom is -0.445 e. The van der Waals surface area contributed by atoms with E-state index in [2.05, 4.69) is 24.0 Å². The molecule has 1 aromatic heterocycles. The molecule has 2 fully saturated rings. The third kappa shape index (κ3) is 3.92. The van der Waals surface area contributed by atoms with Gasteiger partial charge in [0.25, 0.3) is 0 Å². The van der Waals surface area contributed by atoms with Crippen molar-refractivity contribution in [2.75, 3.05) is 24.5 Å². The number of carbonyl (C=O) groups is 1. The van der Waals surface area contributed by atoms with E-state index in [1.54, 1.807) is 0 Å². The minimum atomic E-state index is -0.232. The number of aromatic nitrogens is 1. The van der Waals surface area contributed by atoms with Crippen LogP contribution in [0.25, 0.3) is 0 Å². The van der Waals surface area contributed by atoms with E-state index in [4.69, 9.17) is 9.72 Å². The van der Waals surface area contributed by atoms with Gasteiger partial charge in [-0.1, -0.05) is 36.4 Å². The molecule has 1 unspecified atom stereocenters. The van der Waals surface area contributed by atoms with Crippen LogP contribution in [0.3, 0.4) is 0 Å². The molecule has 5 nitrogen and oxygen atoms in total. The van der Waals surface area contributed by atoms with Gasteiger partial charge in [-0.25, -0.2) is 9.78 Å². The maximum atomic E-state index is 12.7. The molecule has 0 N–H and O–H groups in total. The Hall–Kier alpha value is -2.56. The van der Waals surface area contributed by atoms with Crippen molar-refractivity contribution in [3.63, 3.8) is 0 Å². The Balaban J connectivity index is 1.45. The molecule has 1 atom stereocenters. The predicted octanol–water partition coefficient (Wildman–Crippen LogP) is 4.46. The lowest BCUT2D eigenvalue weighted by atomic mass is 10.0. The molecule has 2 aromatic rings. The summed E-state index contributed by atoms with van der Waals surface area (Å²) in [5.41, 5.74) is 3.17. The van der Waals surface area contributed by atoms with Crippen LogP contribution < -0.4 is 4.90 Å². The highest BCUT2D eigenvalue weighted by Crippen LogP contribution is 2.35. The quantitative estimate of drug-likeness (QED) is 0.802. The summed E-state index contributed by atoms with van der Waals surface area (Å²) in [6, 6.07) is 14.2. The van der Waals surface area contributed by atoms with Gasteiger partial charge in [0.1, 0.15) is 12.4 Å². The third-order valence-corrected chi connectivity index (χ3v) is 5.59. The monoisotopic (exact) mass is 365 g/mol. The van der Waals surface area contributed by atoms with Crippen molar-refractivity contribution >= 4 is 11.9 Å². The molecule has 4 rings (SSSR count). The van der Waals surface area contributed by atoms with Crippen molar-refractivity contribution in [3.8, 4) is 0 Å². The standard InChI is InChI=1S/C22H27N3O2/c1-17-19(11-12-21(23-17)24-13-5-6-14-24)20-10-7-15-25(20)22(26)27-16-18-8-3-2-4-9-18/h2-4,8-9,11-12,20H,5-7,10,13-16H2,1H3. The smallest absolute Gasteiger partial charge is 0.410 e. The molecule has 0 aliphatic carbocycles. The van der Waals surface area contributed by atoms with Crippen LogP contribution in [0.2, 0.25) is 0 Å². The van der Waals surface area contributed by atoms with Gasteiger partial charge in [0.15, 0.2) is 0 Å². The van der Waals surface area contributed by atoms with E-state index in [0.717, 1.165) is 55.1 Å². The number of pyridine rings is 1. The van der Waals surface area contributed by atoms with E-state index in [1.807, 2.05) is 35.2 Å². The highest BCUT2D eigenvalue weighted by molar-refractivity contribution is 5.69. The molecule has 27 heavy (non-hydrogen) atoms. The van der Waals surface area contributed by atoms with Crippen LogP contribution in [0.1, 0.15) is 48.5 Å². The van der Waals surface area contributed by atoms with Gasteiger partial charge in [-0.05, 0) is 49.8 Å². The van der Waals surface area contributed by atoms with E-state index < -0.39 is 0 Å². The Morgan fingerprint density at radius 1 is 1.07 bits per heavy atom. The van der Waals surface area contributed by atoms with Crippen LogP contribution in [0.4, 0.5) is 10.6 Å². The Labute approximate surface area is 161 Å². The first-order chi connectivity index (χ1) is 13.2. The molecule has 3 heterocycles. The average Bonchev–Trinajstić information content (AvgIpc) is 3.39. The number of amides is 1. The van der Waals surface area contributed by atoms with E-state index in [1.165, 1.54) is 12.8 Å². The number of hydrogen-bond acceptors (Lipinski definition) is 4. The zero-order valence-corrected chi connectivity index (χ0v) is 15.9. The van der Waals surface area contributed by atoms with Crippen LogP contribution in [-0.4, -0.2) is 35.6 Å². The molecule has 0 spiro atoms. The summed E-state index contributed by atoms with van der Waals surface area (Å²) < 4.78 is 5.57. The topological polar surface area (TPSA) is 45.7 Å². The molecular weight excluding hydrogens is 338 g/mol. The molecule has 2 aliphatic heterocycles. The fraction of sp³-hybridized carbons (Fsp3) is 0.455. The highest BCUT2D eigenvalue weighted by Gasteiger charge is 2.32. The Morgan fingerprint density at radius 2 is 1.85 bits per heavy atom.